The van der Waals surface area contributed by atoms with Gasteiger partial charge in [-0.1, -0.05) is 6.08 Å². The van der Waals surface area contributed by atoms with E-state index in [0.717, 1.165) is 12.2 Å². The maximum Gasteiger partial charge on any atom is 0.136 e. The molecule has 0 aromatic carbocycles. The predicted molar refractivity (Wildman–Crippen MR) is 47.3 cm³/mol. The molecule has 2 nitrogen and oxygen atoms in total. The van der Waals surface area contributed by atoms with Crippen molar-refractivity contribution in [2.45, 2.75) is 13.3 Å². The molecule has 0 N–H and O–H groups in total. The third-order valence-electron chi connectivity index (χ3n) is 1.82. The van der Waals surface area contributed by atoms with Gasteiger partial charge in [-0.25, -0.2) is 4.99 Å². The molecular formula is C9H10N2. The molecule has 56 valence electrons. The second-order valence-corrected chi connectivity index (χ2v) is 2.64. The van der Waals surface area contributed by atoms with Crippen LogP contribution in [-0.4, -0.2) is 10.8 Å². The van der Waals surface area contributed by atoms with Gasteiger partial charge in [0.05, 0.1) is 0 Å². The zero-order chi connectivity index (χ0) is 7.68. The van der Waals surface area contributed by atoms with Crippen molar-refractivity contribution in [2.24, 2.45) is 4.99 Å². The van der Waals surface area contributed by atoms with E-state index in [0.29, 0.717) is 0 Å². The van der Waals surface area contributed by atoms with Gasteiger partial charge in [-0.3, -0.25) is 0 Å². The molecule has 2 heterocycles. The van der Waals surface area contributed by atoms with Crippen LogP contribution in [-0.2, 0) is 0 Å². The maximum absolute atomic E-state index is 4.28. The van der Waals surface area contributed by atoms with Crippen LogP contribution in [0.15, 0.2) is 23.2 Å². The molecule has 0 fully saturated rings. The number of aryl methyl sites for hydroxylation is 1. The Morgan fingerprint density at radius 2 is 2.36 bits per heavy atom. The molecule has 0 saturated carbocycles. The van der Waals surface area contributed by atoms with Gasteiger partial charge in [-0.15, -0.1) is 0 Å². The van der Waals surface area contributed by atoms with E-state index >= 15 is 0 Å². The first-order chi connectivity index (χ1) is 5.38. The molecule has 0 radical (unpaired) electrons. The summed E-state index contributed by atoms with van der Waals surface area (Å²) in [4.78, 5) is 4.28. The van der Waals surface area contributed by atoms with Crippen molar-refractivity contribution in [1.82, 2.24) is 4.57 Å². The zero-order valence-electron chi connectivity index (χ0n) is 6.49. The summed E-state index contributed by atoms with van der Waals surface area (Å²) in [5, 5.41) is 0. The Labute approximate surface area is 65.9 Å². The second kappa shape index (κ2) is 2.38. The van der Waals surface area contributed by atoms with Crippen molar-refractivity contribution in [2.75, 3.05) is 0 Å². The summed E-state index contributed by atoms with van der Waals surface area (Å²) < 4.78 is 2.09. The van der Waals surface area contributed by atoms with Gasteiger partial charge in [0.25, 0.3) is 0 Å². The second-order valence-electron chi connectivity index (χ2n) is 2.64. The van der Waals surface area contributed by atoms with Crippen molar-refractivity contribution >= 4 is 18.2 Å². The first kappa shape index (κ1) is 6.40. The van der Waals surface area contributed by atoms with Gasteiger partial charge in [0.15, 0.2) is 0 Å². The largest absolute Gasteiger partial charge is 0.306 e. The van der Waals surface area contributed by atoms with Gasteiger partial charge in [0.1, 0.15) is 5.82 Å². The van der Waals surface area contributed by atoms with E-state index < -0.39 is 0 Å². The molecule has 1 aromatic rings. The highest BCUT2D eigenvalue weighted by atomic mass is 15.1. The van der Waals surface area contributed by atoms with Crippen LogP contribution in [0.4, 0.5) is 5.82 Å². The molecule has 1 aromatic heterocycles. The lowest BCUT2D eigenvalue weighted by Gasteiger charge is -1.98. The average Bonchev–Trinajstić information content (AvgIpc) is 2.25. The Morgan fingerprint density at radius 3 is 3.27 bits per heavy atom. The summed E-state index contributed by atoms with van der Waals surface area (Å²) >= 11 is 0. The highest BCUT2D eigenvalue weighted by Crippen LogP contribution is 2.18. The summed E-state index contributed by atoms with van der Waals surface area (Å²) in [5.41, 5.74) is 1.23. The average molecular weight is 146 g/mol. The third-order valence-corrected chi connectivity index (χ3v) is 1.82. The smallest absolute Gasteiger partial charge is 0.136 e. The van der Waals surface area contributed by atoms with Crippen molar-refractivity contribution in [1.29, 1.82) is 0 Å². The number of hydrogen-bond donors (Lipinski definition) is 0. The van der Waals surface area contributed by atoms with Gasteiger partial charge in [0.2, 0.25) is 0 Å². The Bertz CT molecular complexity index is 318. The first-order valence-corrected chi connectivity index (χ1v) is 3.75. The molecule has 2 heteroatoms. The number of nitrogens with zero attached hydrogens (tertiary/aromatic N) is 2. The topological polar surface area (TPSA) is 17.3 Å². The molecule has 0 aliphatic carbocycles. The highest BCUT2D eigenvalue weighted by molar-refractivity contribution is 5.67. The summed E-state index contributed by atoms with van der Waals surface area (Å²) in [6.45, 7) is 2.08. The van der Waals surface area contributed by atoms with Crippen molar-refractivity contribution < 1.29 is 0 Å². The number of aromatic nitrogens is 1. The number of rotatable bonds is 0. The fourth-order valence-corrected chi connectivity index (χ4v) is 1.21. The molecule has 0 spiro atoms. The van der Waals surface area contributed by atoms with Gasteiger partial charge < -0.3 is 4.57 Å². The molecule has 1 aliphatic heterocycles. The summed E-state index contributed by atoms with van der Waals surface area (Å²) in [7, 11) is 0. The third kappa shape index (κ3) is 1.00. The molecular weight excluding hydrogens is 136 g/mol. The lowest BCUT2D eigenvalue weighted by atomic mass is 10.4. The quantitative estimate of drug-likeness (QED) is 0.534. The Hall–Kier alpha value is -1.31. The Morgan fingerprint density at radius 1 is 1.45 bits per heavy atom. The van der Waals surface area contributed by atoms with Crippen LogP contribution in [0.5, 0.6) is 0 Å². The van der Waals surface area contributed by atoms with Gasteiger partial charge >= 0.3 is 0 Å². The predicted octanol–water partition coefficient (Wildman–Crippen LogP) is 2.37. The summed E-state index contributed by atoms with van der Waals surface area (Å²) in [6.07, 6.45) is 7.03. The Kier molecular flexibility index (Phi) is 1.39. The van der Waals surface area contributed by atoms with Crippen LogP contribution in [0.3, 0.4) is 0 Å². The molecule has 0 atom stereocenters. The molecule has 0 saturated heterocycles. The highest BCUT2D eigenvalue weighted by Gasteiger charge is 2.00. The monoisotopic (exact) mass is 146 g/mol. The minimum atomic E-state index is 0.932. The molecule has 1 aliphatic rings. The fourth-order valence-electron chi connectivity index (χ4n) is 1.21. The normalized spacial score (nSPS) is 14.6. The standard InChI is InChI=1S/C9H10N2/c1-8-4-5-9-10-6-2-3-7-11(8)9/h3-7H,2H2,1H3. The first-order valence-electron chi connectivity index (χ1n) is 3.75. The lowest BCUT2D eigenvalue weighted by Crippen LogP contribution is -1.85. The Balaban J connectivity index is 2.60. The van der Waals surface area contributed by atoms with Crippen molar-refractivity contribution in [3.63, 3.8) is 0 Å². The van der Waals surface area contributed by atoms with E-state index in [9.17, 15) is 0 Å². The van der Waals surface area contributed by atoms with E-state index in [1.807, 2.05) is 12.3 Å². The number of allylic oxidation sites excluding steroid dienone is 1. The molecule has 0 amide bonds. The van der Waals surface area contributed by atoms with Crippen LogP contribution in [0.2, 0.25) is 0 Å². The van der Waals surface area contributed by atoms with E-state index in [4.69, 9.17) is 0 Å². The number of aliphatic imine (C=N–C) groups is 1. The number of hydrogen-bond acceptors (Lipinski definition) is 1. The van der Waals surface area contributed by atoms with Gasteiger partial charge in [0, 0.05) is 24.5 Å². The zero-order valence-corrected chi connectivity index (χ0v) is 6.49. The van der Waals surface area contributed by atoms with Gasteiger partial charge in [-0.05, 0) is 19.1 Å². The van der Waals surface area contributed by atoms with Crippen LogP contribution >= 0.6 is 0 Å². The fraction of sp³-hybridized carbons (Fsp3) is 0.222. The summed E-state index contributed by atoms with van der Waals surface area (Å²) in [5.74, 6) is 1.02. The minimum absolute atomic E-state index is 0.932. The van der Waals surface area contributed by atoms with E-state index in [1.165, 1.54) is 5.69 Å². The van der Waals surface area contributed by atoms with Crippen LogP contribution in [0.1, 0.15) is 12.1 Å². The van der Waals surface area contributed by atoms with Crippen molar-refractivity contribution in [3.05, 3.63) is 23.9 Å². The van der Waals surface area contributed by atoms with Gasteiger partial charge in [-0.2, -0.15) is 0 Å². The number of fused-ring (bicyclic) bond motifs is 1. The van der Waals surface area contributed by atoms with E-state index in [1.54, 1.807) is 0 Å². The maximum atomic E-state index is 4.28. The van der Waals surface area contributed by atoms with Crippen molar-refractivity contribution in [3.8, 4) is 0 Å². The molecule has 0 unspecified atom stereocenters. The van der Waals surface area contributed by atoms with Crippen LogP contribution < -0.4 is 0 Å². The molecule has 0 bridgehead atoms. The minimum Gasteiger partial charge on any atom is -0.306 e. The van der Waals surface area contributed by atoms with Crippen LogP contribution in [0, 0.1) is 6.92 Å². The molecule has 2 rings (SSSR count). The lowest BCUT2D eigenvalue weighted by molar-refractivity contribution is 1.08. The van der Waals surface area contributed by atoms with E-state index in [-0.39, 0.29) is 0 Å². The summed E-state index contributed by atoms with van der Waals surface area (Å²) in [6, 6.07) is 4.10. The molecule has 11 heavy (non-hydrogen) atoms. The van der Waals surface area contributed by atoms with Crippen LogP contribution in [0.25, 0.3) is 6.20 Å². The van der Waals surface area contributed by atoms with E-state index in [2.05, 4.69) is 34.8 Å². The SMILES string of the molecule is Cc1ccc2n1C=CCC=N2.